The van der Waals surface area contributed by atoms with Gasteiger partial charge >= 0.3 is 0 Å². The zero-order chi connectivity index (χ0) is 31.6. The minimum Gasteiger partial charge on any atom is -0.321 e. The molecule has 0 spiro atoms. The molecule has 5 aromatic carbocycles. The quantitative estimate of drug-likeness (QED) is 0.0520. The molecule has 5 rings (SSSR count). The Labute approximate surface area is 264 Å². The maximum Gasteiger partial charge on any atom is 0.272 e. The molecule has 0 saturated carbocycles. The Hall–Kier alpha value is -5.80. The van der Waals surface area contributed by atoms with Gasteiger partial charge < -0.3 is 10.6 Å². The Bertz CT molecular complexity index is 1870. The van der Waals surface area contributed by atoms with Gasteiger partial charge in [-0.25, -0.2) is 0 Å². The van der Waals surface area contributed by atoms with E-state index in [0.29, 0.717) is 16.1 Å². The molecule has 0 aromatic heterocycles. The van der Waals surface area contributed by atoms with E-state index >= 15 is 0 Å². The molecule has 0 heterocycles. The summed E-state index contributed by atoms with van der Waals surface area (Å²) >= 11 is 1.24. The minimum absolute atomic E-state index is 0.0511. The van der Waals surface area contributed by atoms with Crippen molar-refractivity contribution in [1.29, 1.82) is 0 Å². The molecular formula is C36H27N3O5S. The second-order valence-corrected chi connectivity index (χ2v) is 10.9. The number of amides is 2. The molecule has 0 bridgehead atoms. The monoisotopic (exact) mass is 613 g/mol. The standard InChI is InChI=1S/C36H27N3O5S/c40-34(29-13-7-15-31(22-29)39(43)44)24-45-32-16-8-14-30(23-32)37-36(42)33(38-35(41)28-11-5-2-6-12-28)21-25-17-19-27(20-18-25)26-9-3-1-4-10-26/h1-23H,24H2,(H,37,42)(H,38,41)/b33-21-. The number of hydrogen-bond acceptors (Lipinski definition) is 6. The second-order valence-electron chi connectivity index (χ2n) is 9.87. The Morgan fingerprint density at radius 3 is 2.07 bits per heavy atom. The fourth-order valence-corrected chi connectivity index (χ4v) is 5.25. The number of anilines is 1. The molecule has 0 aliphatic heterocycles. The number of rotatable bonds is 11. The van der Waals surface area contributed by atoms with Crippen LogP contribution in [0.2, 0.25) is 0 Å². The fraction of sp³-hybridized carbons (Fsp3) is 0.0278. The highest BCUT2D eigenvalue weighted by Gasteiger charge is 2.16. The highest BCUT2D eigenvalue weighted by atomic mass is 32.2. The summed E-state index contributed by atoms with van der Waals surface area (Å²) in [6.45, 7) is 0. The van der Waals surface area contributed by atoms with Crippen molar-refractivity contribution in [2.75, 3.05) is 11.1 Å². The smallest absolute Gasteiger partial charge is 0.272 e. The van der Waals surface area contributed by atoms with Crippen molar-refractivity contribution in [3.8, 4) is 11.1 Å². The first kappa shape index (κ1) is 30.7. The SMILES string of the molecule is O=C(Nc1cccc(SCC(=O)c2cccc([N+](=O)[O-])c2)c1)/C(=C/c1ccc(-c2ccccc2)cc1)NC(=O)c1ccccc1. The summed E-state index contributed by atoms with van der Waals surface area (Å²) in [5, 5.41) is 16.6. The summed E-state index contributed by atoms with van der Waals surface area (Å²) in [5.74, 6) is -1.16. The van der Waals surface area contributed by atoms with Gasteiger partial charge in [-0.15, -0.1) is 11.8 Å². The zero-order valence-corrected chi connectivity index (χ0v) is 24.7. The summed E-state index contributed by atoms with van der Waals surface area (Å²) in [5.41, 5.74) is 3.83. The first-order valence-electron chi connectivity index (χ1n) is 13.9. The fourth-order valence-electron chi connectivity index (χ4n) is 4.40. The number of carbonyl (C=O) groups excluding carboxylic acids is 3. The van der Waals surface area contributed by atoms with Crippen molar-refractivity contribution in [2.45, 2.75) is 4.90 Å². The molecule has 0 atom stereocenters. The summed E-state index contributed by atoms with van der Waals surface area (Å²) < 4.78 is 0. The predicted molar refractivity (Wildman–Crippen MR) is 177 cm³/mol. The van der Waals surface area contributed by atoms with Crippen molar-refractivity contribution in [1.82, 2.24) is 5.32 Å². The van der Waals surface area contributed by atoms with E-state index in [9.17, 15) is 24.5 Å². The van der Waals surface area contributed by atoms with E-state index in [1.165, 1.54) is 30.0 Å². The molecule has 5 aromatic rings. The van der Waals surface area contributed by atoms with Crippen LogP contribution in [-0.4, -0.2) is 28.3 Å². The number of non-ortho nitro benzene ring substituents is 1. The van der Waals surface area contributed by atoms with Crippen LogP contribution in [0.1, 0.15) is 26.3 Å². The Kier molecular flexibility index (Phi) is 9.94. The molecule has 2 amide bonds. The maximum atomic E-state index is 13.5. The average Bonchev–Trinajstić information content (AvgIpc) is 3.08. The first-order chi connectivity index (χ1) is 21.9. The number of Topliss-reactive ketones (excluding diaryl/α,β-unsaturated/α-hetero) is 1. The molecule has 0 fully saturated rings. The zero-order valence-electron chi connectivity index (χ0n) is 23.9. The number of nitrogens with zero attached hydrogens (tertiary/aromatic N) is 1. The van der Waals surface area contributed by atoms with Gasteiger partial charge in [0.05, 0.1) is 10.7 Å². The van der Waals surface area contributed by atoms with Gasteiger partial charge in [0, 0.05) is 33.8 Å². The summed E-state index contributed by atoms with van der Waals surface area (Å²) in [7, 11) is 0. The highest BCUT2D eigenvalue weighted by Crippen LogP contribution is 2.25. The lowest BCUT2D eigenvalue weighted by molar-refractivity contribution is -0.384. The number of thioether (sulfide) groups is 1. The third-order valence-electron chi connectivity index (χ3n) is 6.70. The van der Waals surface area contributed by atoms with Crippen LogP contribution in [0, 0.1) is 10.1 Å². The van der Waals surface area contributed by atoms with Crippen LogP contribution >= 0.6 is 11.8 Å². The Morgan fingerprint density at radius 1 is 0.711 bits per heavy atom. The van der Waals surface area contributed by atoms with Crippen LogP contribution in [0.25, 0.3) is 17.2 Å². The number of nitro benzene ring substituents is 1. The van der Waals surface area contributed by atoms with E-state index in [1.807, 2.05) is 54.6 Å². The third kappa shape index (κ3) is 8.40. The van der Waals surface area contributed by atoms with Gasteiger partial charge in [0.15, 0.2) is 5.78 Å². The third-order valence-corrected chi connectivity index (χ3v) is 7.69. The van der Waals surface area contributed by atoms with Gasteiger partial charge in [-0.2, -0.15) is 0 Å². The minimum atomic E-state index is -0.541. The van der Waals surface area contributed by atoms with Crippen molar-refractivity contribution in [3.63, 3.8) is 0 Å². The van der Waals surface area contributed by atoms with E-state index < -0.39 is 16.7 Å². The van der Waals surface area contributed by atoms with Gasteiger partial charge in [-0.3, -0.25) is 24.5 Å². The lowest BCUT2D eigenvalue weighted by Crippen LogP contribution is -2.30. The maximum absolute atomic E-state index is 13.5. The summed E-state index contributed by atoms with van der Waals surface area (Å²) in [6.07, 6.45) is 1.61. The molecular weight excluding hydrogens is 586 g/mol. The number of benzene rings is 5. The number of nitro groups is 1. The van der Waals surface area contributed by atoms with E-state index in [2.05, 4.69) is 10.6 Å². The molecule has 0 aliphatic rings. The van der Waals surface area contributed by atoms with E-state index in [-0.39, 0.29) is 28.5 Å². The van der Waals surface area contributed by atoms with E-state index in [1.54, 1.807) is 66.7 Å². The number of ketones is 1. The van der Waals surface area contributed by atoms with Crippen LogP contribution < -0.4 is 10.6 Å². The van der Waals surface area contributed by atoms with Gasteiger partial charge in [0.25, 0.3) is 17.5 Å². The molecule has 45 heavy (non-hydrogen) atoms. The van der Waals surface area contributed by atoms with E-state index in [0.717, 1.165) is 16.7 Å². The van der Waals surface area contributed by atoms with Crippen LogP contribution in [-0.2, 0) is 4.79 Å². The summed E-state index contributed by atoms with van der Waals surface area (Å²) in [6, 6.07) is 38.7. The molecule has 0 aliphatic carbocycles. The first-order valence-corrected chi connectivity index (χ1v) is 14.9. The highest BCUT2D eigenvalue weighted by molar-refractivity contribution is 8.00. The van der Waals surface area contributed by atoms with Gasteiger partial charge in [0.1, 0.15) is 5.70 Å². The van der Waals surface area contributed by atoms with Crippen LogP contribution in [0.3, 0.4) is 0 Å². The number of carbonyl (C=O) groups is 3. The lowest BCUT2D eigenvalue weighted by Gasteiger charge is -2.12. The molecule has 0 unspecified atom stereocenters. The largest absolute Gasteiger partial charge is 0.321 e. The molecule has 2 N–H and O–H groups in total. The van der Waals surface area contributed by atoms with Gasteiger partial charge in [0.2, 0.25) is 0 Å². The average molecular weight is 614 g/mol. The van der Waals surface area contributed by atoms with Gasteiger partial charge in [-0.1, -0.05) is 91.0 Å². The van der Waals surface area contributed by atoms with Crippen LogP contribution in [0.15, 0.2) is 144 Å². The van der Waals surface area contributed by atoms with Crippen molar-refractivity contribution >= 4 is 46.8 Å². The second kappa shape index (κ2) is 14.6. The van der Waals surface area contributed by atoms with Crippen LogP contribution in [0.5, 0.6) is 0 Å². The Morgan fingerprint density at radius 2 is 1.36 bits per heavy atom. The molecule has 9 heteroatoms. The molecule has 8 nitrogen and oxygen atoms in total. The van der Waals surface area contributed by atoms with Crippen molar-refractivity contribution < 1.29 is 19.3 Å². The Balaban J connectivity index is 1.32. The van der Waals surface area contributed by atoms with Crippen molar-refractivity contribution in [3.05, 3.63) is 166 Å². The molecule has 222 valence electrons. The predicted octanol–water partition coefficient (Wildman–Crippen LogP) is 7.65. The van der Waals surface area contributed by atoms with Crippen molar-refractivity contribution in [2.24, 2.45) is 0 Å². The molecule has 0 radical (unpaired) electrons. The number of nitrogens with one attached hydrogen (secondary N) is 2. The normalized spacial score (nSPS) is 11.0. The topological polar surface area (TPSA) is 118 Å². The van der Waals surface area contributed by atoms with Crippen LogP contribution in [0.4, 0.5) is 11.4 Å². The van der Waals surface area contributed by atoms with Gasteiger partial charge in [-0.05, 0) is 53.1 Å². The molecule has 0 saturated heterocycles. The lowest BCUT2D eigenvalue weighted by atomic mass is 10.0. The number of hydrogen-bond donors (Lipinski definition) is 2. The van der Waals surface area contributed by atoms with E-state index in [4.69, 9.17) is 0 Å². The summed E-state index contributed by atoms with van der Waals surface area (Å²) in [4.78, 5) is 50.4.